The summed E-state index contributed by atoms with van der Waals surface area (Å²) in [5.41, 5.74) is 7.45. The van der Waals surface area contributed by atoms with Gasteiger partial charge in [0.1, 0.15) is 5.82 Å². The topological polar surface area (TPSA) is 104 Å². The molecule has 1 heterocycles. The summed E-state index contributed by atoms with van der Waals surface area (Å²) in [5, 5.41) is 0. The smallest absolute Gasteiger partial charge is 0.330 e. The lowest BCUT2D eigenvalue weighted by atomic mass is 10.1. The third-order valence-corrected chi connectivity index (χ3v) is 5.43. The number of amides is 1. The minimum Gasteiger partial charge on any atom is -0.383 e. The van der Waals surface area contributed by atoms with Gasteiger partial charge in [-0.15, -0.1) is 0 Å². The predicted octanol–water partition coefficient (Wildman–Crippen LogP) is 2.49. The van der Waals surface area contributed by atoms with E-state index in [2.05, 4.69) is 24.0 Å². The number of aromatic nitrogens is 2. The number of H-pyrrole nitrogens is 1. The average Bonchev–Trinajstić information content (AvgIpc) is 2.74. The van der Waals surface area contributed by atoms with Crippen molar-refractivity contribution in [1.82, 2.24) is 14.5 Å². The zero-order valence-electron chi connectivity index (χ0n) is 19.1. The summed E-state index contributed by atoms with van der Waals surface area (Å²) >= 11 is 0. The number of nitrogen functional groups attached to an aromatic ring is 1. The maximum atomic E-state index is 13.3. The fourth-order valence-electron chi connectivity index (χ4n) is 3.55. The van der Waals surface area contributed by atoms with E-state index in [9.17, 15) is 14.4 Å². The lowest BCUT2D eigenvalue weighted by molar-refractivity contribution is -0.119. The van der Waals surface area contributed by atoms with Gasteiger partial charge in [-0.2, -0.15) is 0 Å². The number of carbonyl (C=O) groups excluding carboxylic acids is 1. The number of nitrogens with zero attached hydrogens (tertiary/aromatic N) is 3. The fourth-order valence-corrected chi connectivity index (χ4v) is 3.55. The Balaban J connectivity index is 2.36. The van der Waals surface area contributed by atoms with Crippen molar-refractivity contribution in [1.29, 1.82) is 0 Å². The molecule has 0 saturated heterocycles. The van der Waals surface area contributed by atoms with Crippen molar-refractivity contribution in [3.63, 3.8) is 0 Å². The number of nitrogens with one attached hydrogen (secondary N) is 1. The highest BCUT2D eigenvalue weighted by atomic mass is 16.2. The van der Waals surface area contributed by atoms with E-state index in [1.807, 2.05) is 37.8 Å². The van der Waals surface area contributed by atoms with Gasteiger partial charge in [-0.25, -0.2) is 4.79 Å². The van der Waals surface area contributed by atoms with E-state index in [1.165, 1.54) is 15.0 Å². The van der Waals surface area contributed by atoms with Gasteiger partial charge >= 0.3 is 5.69 Å². The van der Waals surface area contributed by atoms with Crippen molar-refractivity contribution in [3.8, 4) is 0 Å². The van der Waals surface area contributed by atoms with E-state index >= 15 is 0 Å². The van der Waals surface area contributed by atoms with Crippen LogP contribution >= 0.6 is 0 Å². The Kier molecular flexibility index (Phi) is 9.05. The molecule has 170 valence electrons. The van der Waals surface area contributed by atoms with E-state index in [0.29, 0.717) is 32.6 Å². The molecule has 0 fully saturated rings. The van der Waals surface area contributed by atoms with Crippen LogP contribution in [0.25, 0.3) is 0 Å². The van der Waals surface area contributed by atoms with Gasteiger partial charge in [0, 0.05) is 19.6 Å². The Bertz CT molecular complexity index is 995. The minimum atomic E-state index is -0.624. The van der Waals surface area contributed by atoms with E-state index in [-0.39, 0.29) is 24.0 Å². The van der Waals surface area contributed by atoms with Gasteiger partial charge in [-0.05, 0) is 37.4 Å². The average molecular weight is 430 g/mol. The molecule has 0 aliphatic heterocycles. The first kappa shape index (κ1) is 24.4. The molecule has 0 aliphatic rings. The Hall–Kier alpha value is -2.87. The summed E-state index contributed by atoms with van der Waals surface area (Å²) in [7, 11) is 0. The number of nitrogens with two attached hydrogens (primary N) is 1. The first-order valence-electron chi connectivity index (χ1n) is 11.0. The van der Waals surface area contributed by atoms with Gasteiger partial charge in [0.15, 0.2) is 5.69 Å². The Labute approximate surface area is 183 Å². The summed E-state index contributed by atoms with van der Waals surface area (Å²) in [5.74, 6) is -0.162. The third-order valence-electron chi connectivity index (χ3n) is 5.43. The van der Waals surface area contributed by atoms with E-state index in [1.54, 1.807) is 0 Å². The Morgan fingerprint density at radius 3 is 2.45 bits per heavy atom. The number of rotatable bonds is 11. The SMILES string of the molecule is CCCCN(C(=O)CN(CC)Cc1ccccc1C)c1c(N)n(CCC)c(=O)[nH]c1=O. The number of hydrogen-bond acceptors (Lipinski definition) is 5. The molecule has 2 aromatic rings. The molecular weight excluding hydrogens is 394 g/mol. The molecule has 0 spiro atoms. The number of hydrogen-bond donors (Lipinski definition) is 2. The summed E-state index contributed by atoms with van der Waals surface area (Å²) < 4.78 is 1.33. The van der Waals surface area contributed by atoms with Gasteiger partial charge in [0.2, 0.25) is 5.91 Å². The molecule has 1 aromatic heterocycles. The molecule has 8 nitrogen and oxygen atoms in total. The quantitative estimate of drug-likeness (QED) is 0.571. The monoisotopic (exact) mass is 429 g/mol. The van der Waals surface area contributed by atoms with Crippen LogP contribution in [0.5, 0.6) is 0 Å². The van der Waals surface area contributed by atoms with Crippen molar-refractivity contribution in [3.05, 3.63) is 56.2 Å². The van der Waals surface area contributed by atoms with Crippen LogP contribution < -0.4 is 21.9 Å². The molecule has 31 heavy (non-hydrogen) atoms. The normalized spacial score (nSPS) is 11.1. The second kappa shape index (κ2) is 11.5. The second-order valence-corrected chi connectivity index (χ2v) is 7.77. The van der Waals surface area contributed by atoms with Crippen LogP contribution in [0.2, 0.25) is 0 Å². The van der Waals surface area contributed by atoms with Gasteiger partial charge < -0.3 is 10.6 Å². The highest BCUT2D eigenvalue weighted by molar-refractivity contribution is 5.96. The zero-order valence-corrected chi connectivity index (χ0v) is 19.1. The number of likely N-dealkylation sites (N-methyl/N-ethyl adjacent to an activating group) is 1. The Morgan fingerprint density at radius 2 is 1.84 bits per heavy atom. The lowest BCUT2D eigenvalue weighted by Gasteiger charge is -2.28. The molecule has 0 radical (unpaired) electrons. The second-order valence-electron chi connectivity index (χ2n) is 7.77. The van der Waals surface area contributed by atoms with Crippen LogP contribution in [0.15, 0.2) is 33.9 Å². The first-order chi connectivity index (χ1) is 14.8. The molecule has 3 N–H and O–H groups in total. The predicted molar refractivity (Wildman–Crippen MR) is 125 cm³/mol. The van der Waals surface area contributed by atoms with Crippen molar-refractivity contribution in [2.24, 2.45) is 0 Å². The summed E-state index contributed by atoms with van der Waals surface area (Å²) in [4.78, 5) is 44.0. The molecule has 2 rings (SSSR count). The lowest BCUT2D eigenvalue weighted by Crippen LogP contribution is -2.45. The number of aryl methyl sites for hydroxylation is 1. The van der Waals surface area contributed by atoms with Gasteiger partial charge in [-0.1, -0.05) is 51.5 Å². The standard InChI is InChI=1S/C23H35N5O3/c1-5-8-14-27(20-21(24)28(13-6-2)23(31)25-22(20)30)19(29)16-26(7-3)15-18-12-10-9-11-17(18)4/h9-12H,5-8,13-16,24H2,1-4H3,(H,25,30,31). The molecule has 0 saturated carbocycles. The maximum Gasteiger partial charge on any atom is 0.330 e. The number of aromatic amines is 1. The van der Waals surface area contributed by atoms with Gasteiger partial charge in [0.05, 0.1) is 6.54 Å². The molecule has 0 atom stereocenters. The summed E-state index contributed by atoms with van der Waals surface area (Å²) in [6, 6.07) is 8.09. The largest absolute Gasteiger partial charge is 0.383 e. The molecule has 0 bridgehead atoms. The van der Waals surface area contributed by atoms with Crippen molar-refractivity contribution in [2.45, 2.75) is 60.0 Å². The van der Waals surface area contributed by atoms with Crippen molar-refractivity contribution < 1.29 is 4.79 Å². The Morgan fingerprint density at radius 1 is 1.13 bits per heavy atom. The number of carbonyl (C=O) groups is 1. The summed E-state index contributed by atoms with van der Waals surface area (Å²) in [6.45, 7) is 10.2. The van der Waals surface area contributed by atoms with Crippen molar-refractivity contribution in [2.75, 3.05) is 30.3 Å². The van der Waals surface area contributed by atoms with E-state index in [4.69, 9.17) is 5.73 Å². The number of anilines is 2. The van der Waals surface area contributed by atoms with Crippen LogP contribution in [0.4, 0.5) is 11.5 Å². The zero-order chi connectivity index (χ0) is 23.0. The van der Waals surface area contributed by atoms with E-state index < -0.39 is 11.2 Å². The molecule has 0 unspecified atom stereocenters. The first-order valence-corrected chi connectivity index (χ1v) is 11.0. The van der Waals surface area contributed by atoms with Crippen molar-refractivity contribution >= 4 is 17.4 Å². The molecule has 1 amide bonds. The fraction of sp³-hybridized carbons (Fsp3) is 0.522. The van der Waals surface area contributed by atoms with Crippen LogP contribution in [0.3, 0.4) is 0 Å². The molecule has 8 heteroatoms. The minimum absolute atomic E-state index is 0.0435. The third kappa shape index (κ3) is 6.07. The molecule has 0 aliphatic carbocycles. The van der Waals surface area contributed by atoms with E-state index in [0.717, 1.165) is 18.4 Å². The molecule has 1 aromatic carbocycles. The van der Waals surface area contributed by atoms with Crippen LogP contribution in [0, 0.1) is 6.92 Å². The number of benzene rings is 1. The highest BCUT2D eigenvalue weighted by Crippen LogP contribution is 2.19. The van der Waals surface area contributed by atoms with Crippen LogP contribution in [-0.2, 0) is 17.9 Å². The molecular formula is C23H35N5O3. The maximum absolute atomic E-state index is 13.3. The number of unbranched alkanes of at least 4 members (excludes halogenated alkanes) is 1. The summed E-state index contributed by atoms with van der Waals surface area (Å²) in [6.07, 6.45) is 2.26. The van der Waals surface area contributed by atoms with Crippen LogP contribution in [-0.4, -0.2) is 40.0 Å². The van der Waals surface area contributed by atoms with Gasteiger partial charge in [0.25, 0.3) is 5.56 Å². The highest BCUT2D eigenvalue weighted by Gasteiger charge is 2.25. The van der Waals surface area contributed by atoms with Crippen LogP contribution in [0.1, 0.15) is 51.2 Å². The van der Waals surface area contributed by atoms with Gasteiger partial charge in [-0.3, -0.25) is 24.0 Å².